The van der Waals surface area contributed by atoms with Gasteiger partial charge in [0.15, 0.2) is 12.4 Å². The van der Waals surface area contributed by atoms with E-state index in [1.165, 1.54) is 6.92 Å². The summed E-state index contributed by atoms with van der Waals surface area (Å²) in [5.74, 6) is 0.276. The van der Waals surface area contributed by atoms with Crippen molar-refractivity contribution < 1.29 is 14.3 Å². The molecule has 23 heavy (non-hydrogen) atoms. The first-order valence-corrected chi connectivity index (χ1v) is 7.56. The fourth-order valence-corrected chi connectivity index (χ4v) is 2.39. The van der Waals surface area contributed by atoms with E-state index >= 15 is 0 Å². The average molecular weight is 311 g/mol. The molecule has 0 saturated carbocycles. The molecule has 0 fully saturated rings. The van der Waals surface area contributed by atoms with E-state index in [-0.39, 0.29) is 24.3 Å². The van der Waals surface area contributed by atoms with Crippen molar-refractivity contribution in [2.75, 3.05) is 6.61 Å². The van der Waals surface area contributed by atoms with Crippen LogP contribution in [0.25, 0.3) is 0 Å². The molecule has 1 amide bonds. The van der Waals surface area contributed by atoms with Crippen LogP contribution in [0.4, 0.5) is 0 Å². The SMILES string of the molecule is CC(=O)c1cccc(OCC(=O)N[C@H](C)c2ccccc2C)c1. The van der Waals surface area contributed by atoms with Crippen molar-refractivity contribution in [1.29, 1.82) is 0 Å². The Bertz CT molecular complexity index is 709. The molecule has 0 aliphatic heterocycles. The second-order valence-electron chi connectivity index (χ2n) is 5.52. The molecule has 0 saturated heterocycles. The predicted octanol–water partition coefficient (Wildman–Crippen LogP) is 3.45. The minimum absolute atomic E-state index is 0.0342. The second kappa shape index (κ2) is 7.58. The Morgan fingerprint density at radius 1 is 1.13 bits per heavy atom. The van der Waals surface area contributed by atoms with Gasteiger partial charge in [0.2, 0.25) is 0 Å². The highest BCUT2D eigenvalue weighted by Crippen LogP contribution is 2.17. The second-order valence-corrected chi connectivity index (χ2v) is 5.52. The number of ether oxygens (including phenoxy) is 1. The first-order valence-electron chi connectivity index (χ1n) is 7.56. The first-order chi connectivity index (χ1) is 11.0. The first kappa shape index (κ1) is 16.7. The maximum atomic E-state index is 12.0. The van der Waals surface area contributed by atoms with Crippen LogP contribution in [0.15, 0.2) is 48.5 Å². The van der Waals surface area contributed by atoms with Crippen molar-refractivity contribution in [3.8, 4) is 5.75 Å². The molecule has 0 spiro atoms. The molecule has 4 nitrogen and oxygen atoms in total. The summed E-state index contributed by atoms with van der Waals surface area (Å²) in [5, 5.41) is 2.91. The van der Waals surface area contributed by atoms with Gasteiger partial charge >= 0.3 is 0 Å². The highest BCUT2D eigenvalue weighted by molar-refractivity contribution is 5.94. The van der Waals surface area contributed by atoms with E-state index < -0.39 is 0 Å². The number of benzene rings is 2. The summed E-state index contributed by atoms with van der Waals surface area (Å²) in [6.45, 7) is 5.37. The smallest absolute Gasteiger partial charge is 0.258 e. The molecule has 1 atom stereocenters. The maximum absolute atomic E-state index is 12.0. The zero-order valence-electron chi connectivity index (χ0n) is 13.6. The summed E-state index contributed by atoms with van der Waals surface area (Å²) in [7, 11) is 0. The van der Waals surface area contributed by atoms with Gasteiger partial charge in [0.05, 0.1) is 6.04 Å². The Balaban J connectivity index is 1.91. The van der Waals surface area contributed by atoms with Crippen LogP contribution in [-0.4, -0.2) is 18.3 Å². The Morgan fingerprint density at radius 2 is 1.87 bits per heavy atom. The Morgan fingerprint density at radius 3 is 2.57 bits per heavy atom. The van der Waals surface area contributed by atoms with Gasteiger partial charge in [-0.1, -0.05) is 36.4 Å². The van der Waals surface area contributed by atoms with Crippen LogP contribution in [0, 0.1) is 6.92 Å². The van der Waals surface area contributed by atoms with Gasteiger partial charge in [0.1, 0.15) is 5.75 Å². The third-order valence-corrected chi connectivity index (χ3v) is 3.64. The van der Waals surface area contributed by atoms with E-state index in [1.54, 1.807) is 24.3 Å². The number of carbonyl (C=O) groups excluding carboxylic acids is 2. The summed E-state index contributed by atoms with van der Waals surface area (Å²) < 4.78 is 5.46. The van der Waals surface area contributed by atoms with Gasteiger partial charge < -0.3 is 10.1 Å². The summed E-state index contributed by atoms with van der Waals surface area (Å²) in [6.07, 6.45) is 0. The van der Waals surface area contributed by atoms with Gasteiger partial charge in [-0.2, -0.15) is 0 Å². The Hall–Kier alpha value is -2.62. The molecule has 0 aromatic heterocycles. The van der Waals surface area contributed by atoms with Crippen LogP contribution < -0.4 is 10.1 Å². The summed E-state index contributed by atoms with van der Waals surface area (Å²) in [6, 6.07) is 14.7. The molecule has 0 bridgehead atoms. The molecule has 0 aliphatic carbocycles. The molecule has 2 aromatic carbocycles. The number of nitrogens with one attached hydrogen (secondary N) is 1. The lowest BCUT2D eigenvalue weighted by atomic mass is 10.0. The minimum atomic E-state index is -0.200. The number of rotatable bonds is 6. The number of Topliss-reactive ketones (excluding diaryl/α,β-unsaturated/α-hetero) is 1. The highest BCUT2D eigenvalue weighted by Gasteiger charge is 2.12. The molecule has 1 N–H and O–H groups in total. The topological polar surface area (TPSA) is 55.4 Å². The highest BCUT2D eigenvalue weighted by atomic mass is 16.5. The number of hydrogen-bond donors (Lipinski definition) is 1. The van der Waals surface area contributed by atoms with Crippen molar-refractivity contribution >= 4 is 11.7 Å². The number of aryl methyl sites for hydroxylation is 1. The van der Waals surface area contributed by atoms with Crippen LogP contribution in [-0.2, 0) is 4.79 Å². The Labute approximate surface area is 136 Å². The summed E-state index contributed by atoms with van der Waals surface area (Å²) >= 11 is 0. The van der Waals surface area contributed by atoms with E-state index in [0.717, 1.165) is 11.1 Å². The molecular formula is C19H21NO3. The van der Waals surface area contributed by atoms with E-state index in [1.807, 2.05) is 38.1 Å². The van der Waals surface area contributed by atoms with Gasteiger partial charge in [-0.05, 0) is 44.0 Å². The van der Waals surface area contributed by atoms with Crippen molar-refractivity contribution in [2.24, 2.45) is 0 Å². The van der Waals surface area contributed by atoms with Gasteiger partial charge in [-0.3, -0.25) is 9.59 Å². The van der Waals surface area contributed by atoms with Gasteiger partial charge in [-0.15, -0.1) is 0 Å². The van der Waals surface area contributed by atoms with E-state index in [2.05, 4.69) is 5.32 Å². The lowest BCUT2D eigenvalue weighted by Gasteiger charge is -2.16. The van der Waals surface area contributed by atoms with E-state index in [4.69, 9.17) is 4.74 Å². The van der Waals surface area contributed by atoms with Gasteiger partial charge in [-0.25, -0.2) is 0 Å². The largest absolute Gasteiger partial charge is 0.484 e. The zero-order chi connectivity index (χ0) is 16.8. The zero-order valence-corrected chi connectivity index (χ0v) is 13.6. The van der Waals surface area contributed by atoms with Gasteiger partial charge in [0, 0.05) is 5.56 Å². The summed E-state index contributed by atoms with van der Waals surface area (Å²) in [4.78, 5) is 23.4. The average Bonchev–Trinajstić information content (AvgIpc) is 2.53. The third kappa shape index (κ3) is 4.68. The fraction of sp³-hybridized carbons (Fsp3) is 0.263. The fourth-order valence-electron chi connectivity index (χ4n) is 2.39. The van der Waals surface area contributed by atoms with Crippen molar-refractivity contribution in [3.05, 3.63) is 65.2 Å². The molecule has 0 radical (unpaired) electrons. The number of hydrogen-bond acceptors (Lipinski definition) is 3. The maximum Gasteiger partial charge on any atom is 0.258 e. The lowest BCUT2D eigenvalue weighted by Crippen LogP contribution is -2.31. The van der Waals surface area contributed by atoms with Crippen LogP contribution in [0.2, 0.25) is 0 Å². The molecular weight excluding hydrogens is 290 g/mol. The van der Waals surface area contributed by atoms with Crippen LogP contribution in [0.5, 0.6) is 5.75 Å². The standard InChI is InChI=1S/C19H21NO3/c1-13-7-4-5-10-18(13)14(2)20-19(22)12-23-17-9-6-8-16(11-17)15(3)21/h4-11,14H,12H2,1-3H3,(H,20,22)/t14-/m1/s1. The monoisotopic (exact) mass is 311 g/mol. The number of ketones is 1. The number of carbonyl (C=O) groups is 2. The molecule has 0 unspecified atom stereocenters. The number of amides is 1. The minimum Gasteiger partial charge on any atom is -0.484 e. The summed E-state index contributed by atoms with van der Waals surface area (Å²) in [5.41, 5.74) is 2.78. The third-order valence-electron chi connectivity index (χ3n) is 3.64. The quantitative estimate of drug-likeness (QED) is 0.831. The Kier molecular flexibility index (Phi) is 5.52. The molecule has 2 rings (SSSR count). The van der Waals surface area contributed by atoms with E-state index in [0.29, 0.717) is 11.3 Å². The predicted molar refractivity (Wildman–Crippen MR) is 89.7 cm³/mol. The van der Waals surface area contributed by atoms with Crippen molar-refractivity contribution in [2.45, 2.75) is 26.8 Å². The van der Waals surface area contributed by atoms with Gasteiger partial charge in [0.25, 0.3) is 5.91 Å². The molecule has 2 aromatic rings. The van der Waals surface area contributed by atoms with Crippen molar-refractivity contribution in [1.82, 2.24) is 5.32 Å². The van der Waals surface area contributed by atoms with Crippen molar-refractivity contribution in [3.63, 3.8) is 0 Å². The van der Waals surface area contributed by atoms with E-state index in [9.17, 15) is 9.59 Å². The van der Waals surface area contributed by atoms with Crippen LogP contribution in [0.1, 0.15) is 41.4 Å². The van der Waals surface area contributed by atoms with Crippen LogP contribution >= 0.6 is 0 Å². The molecule has 4 heteroatoms. The van der Waals surface area contributed by atoms with Crippen LogP contribution in [0.3, 0.4) is 0 Å². The normalized spacial score (nSPS) is 11.6. The lowest BCUT2D eigenvalue weighted by molar-refractivity contribution is -0.123. The molecule has 120 valence electrons. The molecule has 0 heterocycles. The molecule has 0 aliphatic rings.